The van der Waals surface area contributed by atoms with Gasteiger partial charge in [0.15, 0.2) is 0 Å². The molecule has 0 atom stereocenters. The molecule has 0 saturated carbocycles. The van der Waals surface area contributed by atoms with E-state index >= 15 is 0 Å². The van der Waals surface area contributed by atoms with Crippen molar-refractivity contribution in [1.82, 2.24) is 9.47 Å². The van der Waals surface area contributed by atoms with Crippen molar-refractivity contribution >= 4 is 5.69 Å². The highest BCUT2D eigenvalue weighted by Crippen LogP contribution is 1.96. The first kappa shape index (κ1) is 11.8. The molecule has 0 aliphatic carbocycles. The van der Waals surface area contributed by atoms with Crippen molar-refractivity contribution in [3.05, 3.63) is 28.7 Å². The molecule has 4 nitrogen and oxygen atoms in total. The molecular weight excluding hydrogens is 190 g/mol. The van der Waals surface area contributed by atoms with E-state index < -0.39 is 0 Å². The van der Waals surface area contributed by atoms with Crippen LogP contribution in [0.4, 0.5) is 5.69 Å². The van der Waals surface area contributed by atoms with E-state index in [1.165, 1.54) is 6.07 Å². The fourth-order valence-corrected chi connectivity index (χ4v) is 1.50. The topological polar surface area (TPSA) is 51.3 Å². The van der Waals surface area contributed by atoms with Gasteiger partial charge in [0.1, 0.15) is 0 Å². The van der Waals surface area contributed by atoms with Crippen LogP contribution >= 0.6 is 0 Å². The zero-order valence-corrected chi connectivity index (χ0v) is 9.44. The largest absolute Gasteiger partial charge is 0.398 e. The number of anilines is 1. The van der Waals surface area contributed by atoms with Crippen molar-refractivity contribution in [2.45, 2.75) is 19.9 Å². The van der Waals surface area contributed by atoms with Gasteiger partial charge in [-0.15, -0.1) is 0 Å². The van der Waals surface area contributed by atoms with Gasteiger partial charge < -0.3 is 15.2 Å². The lowest BCUT2D eigenvalue weighted by Gasteiger charge is -2.16. The minimum atomic E-state index is 0.00842. The van der Waals surface area contributed by atoms with Gasteiger partial charge in [-0.3, -0.25) is 4.79 Å². The van der Waals surface area contributed by atoms with Crippen LogP contribution in [0.15, 0.2) is 23.1 Å². The van der Waals surface area contributed by atoms with Gasteiger partial charge in [0.25, 0.3) is 5.56 Å². The molecule has 0 amide bonds. The van der Waals surface area contributed by atoms with Crippen LogP contribution < -0.4 is 11.3 Å². The normalized spacial score (nSPS) is 10.9. The van der Waals surface area contributed by atoms with Gasteiger partial charge in [-0.2, -0.15) is 0 Å². The third-order valence-electron chi connectivity index (χ3n) is 2.33. The molecule has 4 heteroatoms. The molecule has 15 heavy (non-hydrogen) atoms. The second-order valence-corrected chi connectivity index (χ2v) is 3.80. The Kier molecular flexibility index (Phi) is 4.37. The number of hydrogen-bond acceptors (Lipinski definition) is 3. The Morgan fingerprint density at radius 2 is 2.13 bits per heavy atom. The second kappa shape index (κ2) is 5.56. The number of pyridine rings is 1. The molecule has 1 heterocycles. The molecule has 0 bridgehead atoms. The number of nitrogens with two attached hydrogens (primary N) is 1. The van der Waals surface area contributed by atoms with E-state index in [1.54, 1.807) is 16.8 Å². The van der Waals surface area contributed by atoms with Crippen LogP contribution in [-0.4, -0.2) is 29.6 Å². The van der Waals surface area contributed by atoms with Crippen molar-refractivity contribution in [2.75, 3.05) is 25.9 Å². The van der Waals surface area contributed by atoms with Crippen LogP contribution in [0.1, 0.15) is 13.3 Å². The fraction of sp³-hybridized carbons (Fsp3) is 0.545. The summed E-state index contributed by atoms with van der Waals surface area (Å²) in [6.45, 7) is 4.76. The minimum absolute atomic E-state index is 0.00842. The van der Waals surface area contributed by atoms with E-state index in [0.717, 1.165) is 19.5 Å². The molecule has 0 aromatic carbocycles. The van der Waals surface area contributed by atoms with Gasteiger partial charge in [0, 0.05) is 31.0 Å². The zero-order chi connectivity index (χ0) is 11.3. The first-order valence-corrected chi connectivity index (χ1v) is 5.28. The summed E-state index contributed by atoms with van der Waals surface area (Å²) in [6, 6.07) is 3.14. The van der Waals surface area contributed by atoms with E-state index in [-0.39, 0.29) is 5.56 Å². The summed E-state index contributed by atoms with van der Waals surface area (Å²) in [5, 5.41) is 0. The molecule has 0 spiro atoms. The van der Waals surface area contributed by atoms with Crippen molar-refractivity contribution in [3.8, 4) is 0 Å². The van der Waals surface area contributed by atoms with Crippen LogP contribution in [0.2, 0.25) is 0 Å². The van der Waals surface area contributed by atoms with Crippen LogP contribution in [0.3, 0.4) is 0 Å². The van der Waals surface area contributed by atoms with Crippen molar-refractivity contribution in [3.63, 3.8) is 0 Å². The Morgan fingerprint density at radius 3 is 2.80 bits per heavy atom. The van der Waals surface area contributed by atoms with Crippen LogP contribution in [-0.2, 0) is 6.54 Å². The van der Waals surface area contributed by atoms with Gasteiger partial charge in [-0.25, -0.2) is 0 Å². The monoisotopic (exact) mass is 209 g/mol. The number of hydrogen-bond donors (Lipinski definition) is 1. The highest BCUT2D eigenvalue weighted by Gasteiger charge is 1.99. The van der Waals surface area contributed by atoms with Crippen LogP contribution in [0.25, 0.3) is 0 Å². The second-order valence-electron chi connectivity index (χ2n) is 3.80. The van der Waals surface area contributed by atoms with Crippen molar-refractivity contribution in [2.24, 2.45) is 0 Å². The molecule has 84 valence electrons. The number of nitrogen functional groups attached to an aromatic ring is 1. The Balaban J connectivity index is 2.57. The number of rotatable bonds is 5. The van der Waals surface area contributed by atoms with Gasteiger partial charge in [-0.1, -0.05) is 6.92 Å². The third kappa shape index (κ3) is 3.75. The first-order valence-electron chi connectivity index (χ1n) is 5.28. The van der Waals surface area contributed by atoms with E-state index in [9.17, 15) is 4.79 Å². The summed E-state index contributed by atoms with van der Waals surface area (Å²) in [4.78, 5) is 13.6. The van der Waals surface area contributed by atoms with E-state index in [1.807, 2.05) is 0 Å². The molecule has 0 aliphatic heterocycles. The lowest BCUT2D eigenvalue weighted by Crippen LogP contribution is -2.28. The molecule has 0 radical (unpaired) electrons. The van der Waals surface area contributed by atoms with E-state index in [4.69, 9.17) is 5.73 Å². The smallest absolute Gasteiger partial charge is 0.250 e. The van der Waals surface area contributed by atoms with Crippen LogP contribution in [0.5, 0.6) is 0 Å². The summed E-state index contributed by atoms with van der Waals surface area (Å²) in [5.41, 5.74) is 6.26. The Labute approximate surface area is 90.3 Å². The average molecular weight is 209 g/mol. The van der Waals surface area contributed by atoms with Gasteiger partial charge >= 0.3 is 0 Å². The highest BCUT2D eigenvalue weighted by molar-refractivity contribution is 5.33. The molecule has 1 rings (SSSR count). The Bertz CT molecular complexity index is 359. The Hall–Kier alpha value is -1.29. The first-order chi connectivity index (χ1) is 7.13. The molecule has 0 aliphatic rings. The van der Waals surface area contributed by atoms with Gasteiger partial charge in [-0.05, 0) is 26.1 Å². The molecule has 0 saturated heterocycles. The highest BCUT2D eigenvalue weighted by atomic mass is 16.1. The van der Waals surface area contributed by atoms with Gasteiger partial charge in [0.2, 0.25) is 0 Å². The summed E-state index contributed by atoms with van der Waals surface area (Å²) < 4.78 is 1.65. The zero-order valence-electron chi connectivity index (χ0n) is 9.44. The molecular formula is C11H19N3O. The van der Waals surface area contributed by atoms with E-state index in [0.29, 0.717) is 12.2 Å². The van der Waals surface area contributed by atoms with Crippen LogP contribution in [0, 0.1) is 0 Å². The van der Waals surface area contributed by atoms with Gasteiger partial charge in [0.05, 0.1) is 0 Å². The quantitative estimate of drug-likeness (QED) is 0.779. The predicted molar refractivity (Wildman–Crippen MR) is 62.9 cm³/mol. The molecule has 1 aromatic rings. The maximum atomic E-state index is 11.4. The molecule has 0 unspecified atom stereocenters. The fourth-order valence-electron chi connectivity index (χ4n) is 1.50. The molecule has 2 N–H and O–H groups in total. The maximum Gasteiger partial charge on any atom is 0.250 e. The van der Waals surface area contributed by atoms with E-state index in [2.05, 4.69) is 18.9 Å². The summed E-state index contributed by atoms with van der Waals surface area (Å²) in [7, 11) is 2.06. The summed E-state index contributed by atoms with van der Waals surface area (Å²) >= 11 is 0. The molecule has 1 aromatic heterocycles. The lowest BCUT2D eigenvalue weighted by molar-refractivity contribution is 0.317. The predicted octanol–water partition coefficient (Wildman–Crippen LogP) is 0.772. The number of nitrogens with zero attached hydrogens (tertiary/aromatic N) is 2. The standard InChI is InChI=1S/C11H19N3O/c1-3-6-13(2)7-8-14-9-10(12)4-5-11(14)15/h4-5,9H,3,6-8,12H2,1-2H3. The Morgan fingerprint density at radius 1 is 1.40 bits per heavy atom. The average Bonchev–Trinajstić information content (AvgIpc) is 2.20. The number of likely N-dealkylation sites (N-methyl/N-ethyl adjacent to an activating group) is 1. The maximum absolute atomic E-state index is 11.4. The minimum Gasteiger partial charge on any atom is -0.398 e. The summed E-state index contributed by atoms with van der Waals surface area (Å²) in [5.74, 6) is 0. The van der Waals surface area contributed by atoms with Crippen molar-refractivity contribution < 1.29 is 0 Å². The summed E-state index contributed by atoms with van der Waals surface area (Å²) in [6.07, 6.45) is 2.82. The SMILES string of the molecule is CCCN(C)CCn1cc(N)ccc1=O. The third-order valence-corrected chi connectivity index (χ3v) is 2.33. The van der Waals surface area contributed by atoms with Crippen molar-refractivity contribution in [1.29, 1.82) is 0 Å². The number of aromatic nitrogens is 1. The molecule has 0 fully saturated rings. The lowest BCUT2D eigenvalue weighted by atomic mass is 10.4.